The maximum absolute atomic E-state index is 13.5. The quantitative estimate of drug-likeness (QED) is 0.520. The van der Waals surface area contributed by atoms with Crippen LogP contribution in [0.2, 0.25) is 0 Å². The van der Waals surface area contributed by atoms with E-state index in [4.69, 9.17) is 10.5 Å². The number of morpholine rings is 1. The molecule has 1 aromatic heterocycles. The highest BCUT2D eigenvalue weighted by Crippen LogP contribution is 2.33. The minimum absolute atomic E-state index is 0.0509. The second kappa shape index (κ2) is 10.8. The first-order valence-corrected chi connectivity index (χ1v) is 11.9. The van der Waals surface area contributed by atoms with Crippen molar-refractivity contribution in [3.8, 4) is 11.1 Å². The number of hydrogen-bond acceptors (Lipinski definition) is 5. The Morgan fingerprint density at radius 3 is 2.51 bits per heavy atom. The average molecular weight is 515 g/mol. The minimum atomic E-state index is -4.60. The van der Waals surface area contributed by atoms with Gasteiger partial charge in [0.2, 0.25) is 0 Å². The van der Waals surface area contributed by atoms with E-state index < -0.39 is 17.6 Å². The van der Waals surface area contributed by atoms with E-state index in [1.54, 1.807) is 25.4 Å². The van der Waals surface area contributed by atoms with Gasteiger partial charge < -0.3 is 25.3 Å². The predicted octanol–water partition coefficient (Wildman–Crippen LogP) is 3.97. The van der Waals surface area contributed by atoms with Crippen molar-refractivity contribution in [2.45, 2.75) is 19.5 Å². The summed E-state index contributed by atoms with van der Waals surface area (Å²) in [6, 6.07) is 10.6. The van der Waals surface area contributed by atoms with Gasteiger partial charge in [-0.25, -0.2) is 0 Å². The maximum atomic E-state index is 13.5. The van der Waals surface area contributed by atoms with Crippen molar-refractivity contribution in [3.05, 3.63) is 81.3 Å². The Morgan fingerprint density at radius 2 is 1.84 bits per heavy atom. The molecule has 1 aliphatic heterocycles. The number of nitrogens with one attached hydrogen (secondary N) is 1. The Kier molecular flexibility index (Phi) is 7.70. The number of carbonyl (C=O) groups excluding carboxylic acids is 1. The highest BCUT2D eigenvalue weighted by molar-refractivity contribution is 6.04. The van der Waals surface area contributed by atoms with E-state index in [2.05, 4.69) is 5.32 Å². The van der Waals surface area contributed by atoms with Gasteiger partial charge in [-0.05, 0) is 66.9 Å². The van der Waals surface area contributed by atoms with Gasteiger partial charge in [-0.15, -0.1) is 0 Å². The van der Waals surface area contributed by atoms with Crippen molar-refractivity contribution < 1.29 is 22.7 Å². The number of aryl methyl sites for hydroxylation is 2. The van der Waals surface area contributed by atoms with Crippen LogP contribution in [-0.4, -0.2) is 43.3 Å². The van der Waals surface area contributed by atoms with Crippen LogP contribution in [-0.2, 0) is 24.4 Å². The van der Waals surface area contributed by atoms with Gasteiger partial charge in [-0.1, -0.05) is 12.1 Å². The molecule has 196 valence electrons. The molecule has 0 radical (unpaired) electrons. The SMILES string of the molecule is Cc1ccc(NC(=O)c2ccc(CCN)c(C(F)(F)F)c2)cc1-c1cc(N2CCOCC2)c(=O)n(C)c1. The number of carbonyl (C=O) groups is 1. The normalized spacial score (nSPS) is 14.1. The van der Waals surface area contributed by atoms with Crippen LogP contribution in [0.4, 0.5) is 24.5 Å². The first kappa shape index (κ1) is 26.4. The summed E-state index contributed by atoms with van der Waals surface area (Å²) in [5.41, 5.74) is 7.87. The molecule has 0 aliphatic carbocycles. The molecular weight excluding hydrogens is 485 g/mol. The van der Waals surface area contributed by atoms with Gasteiger partial charge in [0.15, 0.2) is 0 Å². The lowest BCUT2D eigenvalue weighted by atomic mass is 9.99. The third-order valence-electron chi connectivity index (χ3n) is 6.41. The Balaban J connectivity index is 1.65. The first-order chi connectivity index (χ1) is 17.6. The molecule has 0 atom stereocenters. The fraction of sp³-hybridized carbons (Fsp3) is 0.333. The molecule has 2 heterocycles. The van der Waals surface area contributed by atoms with E-state index in [1.165, 1.54) is 16.7 Å². The summed E-state index contributed by atoms with van der Waals surface area (Å²) in [5, 5.41) is 2.70. The predicted molar refractivity (Wildman–Crippen MR) is 137 cm³/mol. The smallest absolute Gasteiger partial charge is 0.378 e. The van der Waals surface area contributed by atoms with Crippen molar-refractivity contribution in [3.63, 3.8) is 0 Å². The number of pyridine rings is 1. The highest BCUT2D eigenvalue weighted by Gasteiger charge is 2.33. The van der Waals surface area contributed by atoms with Crippen LogP contribution in [0, 0.1) is 6.92 Å². The summed E-state index contributed by atoms with van der Waals surface area (Å²) >= 11 is 0. The number of benzene rings is 2. The number of aromatic nitrogens is 1. The zero-order valence-corrected chi connectivity index (χ0v) is 20.7. The molecule has 2 aromatic carbocycles. The number of rotatable bonds is 6. The van der Waals surface area contributed by atoms with Gasteiger partial charge in [0, 0.05) is 43.1 Å². The Bertz CT molecular complexity index is 1360. The van der Waals surface area contributed by atoms with Crippen LogP contribution in [0.25, 0.3) is 11.1 Å². The monoisotopic (exact) mass is 514 g/mol. The third kappa shape index (κ3) is 5.86. The van der Waals surface area contributed by atoms with Crippen LogP contribution in [0.1, 0.15) is 27.0 Å². The van der Waals surface area contributed by atoms with E-state index in [-0.39, 0.29) is 29.7 Å². The maximum Gasteiger partial charge on any atom is 0.416 e. The third-order valence-corrected chi connectivity index (χ3v) is 6.41. The van der Waals surface area contributed by atoms with Gasteiger partial charge in [0.25, 0.3) is 11.5 Å². The number of nitrogens with zero attached hydrogens (tertiary/aromatic N) is 2. The zero-order chi connectivity index (χ0) is 26.7. The number of nitrogens with two attached hydrogens (primary N) is 1. The lowest BCUT2D eigenvalue weighted by molar-refractivity contribution is -0.138. The molecule has 1 aliphatic rings. The molecule has 4 rings (SSSR count). The summed E-state index contributed by atoms with van der Waals surface area (Å²) in [7, 11) is 1.68. The molecule has 3 aromatic rings. The molecule has 1 saturated heterocycles. The number of halogens is 3. The summed E-state index contributed by atoms with van der Waals surface area (Å²) in [5.74, 6) is -0.658. The lowest BCUT2D eigenvalue weighted by Gasteiger charge is -2.29. The van der Waals surface area contributed by atoms with Crippen molar-refractivity contribution in [1.29, 1.82) is 0 Å². The largest absolute Gasteiger partial charge is 0.416 e. The van der Waals surface area contributed by atoms with E-state index in [9.17, 15) is 22.8 Å². The fourth-order valence-electron chi connectivity index (χ4n) is 4.44. The second-order valence-corrected chi connectivity index (χ2v) is 9.02. The average Bonchev–Trinajstić information content (AvgIpc) is 2.87. The fourth-order valence-corrected chi connectivity index (χ4v) is 4.44. The van der Waals surface area contributed by atoms with Crippen molar-refractivity contribution in [2.75, 3.05) is 43.1 Å². The van der Waals surface area contributed by atoms with Crippen molar-refractivity contribution in [2.24, 2.45) is 12.8 Å². The van der Waals surface area contributed by atoms with E-state index in [0.717, 1.165) is 22.8 Å². The van der Waals surface area contributed by atoms with E-state index >= 15 is 0 Å². The lowest BCUT2D eigenvalue weighted by Crippen LogP contribution is -2.40. The van der Waals surface area contributed by atoms with Crippen molar-refractivity contribution in [1.82, 2.24) is 4.57 Å². The number of amides is 1. The molecule has 0 unspecified atom stereocenters. The summed E-state index contributed by atoms with van der Waals surface area (Å²) in [4.78, 5) is 27.7. The van der Waals surface area contributed by atoms with Gasteiger partial charge in [-0.3, -0.25) is 9.59 Å². The number of ether oxygens (including phenoxy) is 1. The minimum Gasteiger partial charge on any atom is -0.378 e. The van der Waals surface area contributed by atoms with Gasteiger partial charge in [-0.2, -0.15) is 13.2 Å². The highest BCUT2D eigenvalue weighted by atomic mass is 19.4. The summed E-state index contributed by atoms with van der Waals surface area (Å²) < 4.78 is 47.6. The molecular formula is C27H29F3N4O3. The van der Waals surface area contributed by atoms with Crippen molar-refractivity contribution >= 4 is 17.3 Å². The number of alkyl halides is 3. The van der Waals surface area contributed by atoms with Crippen LogP contribution in [0.3, 0.4) is 0 Å². The van der Waals surface area contributed by atoms with E-state index in [0.29, 0.717) is 37.7 Å². The molecule has 37 heavy (non-hydrogen) atoms. The second-order valence-electron chi connectivity index (χ2n) is 9.02. The summed E-state index contributed by atoms with van der Waals surface area (Å²) in [6.45, 7) is 4.27. The summed E-state index contributed by atoms with van der Waals surface area (Å²) in [6.07, 6.45) is -2.81. The first-order valence-electron chi connectivity index (χ1n) is 11.9. The Morgan fingerprint density at radius 1 is 1.11 bits per heavy atom. The number of anilines is 2. The molecule has 3 N–H and O–H groups in total. The van der Waals surface area contributed by atoms with Gasteiger partial charge >= 0.3 is 6.18 Å². The van der Waals surface area contributed by atoms with E-state index in [1.807, 2.05) is 24.0 Å². The molecule has 10 heteroatoms. The molecule has 1 amide bonds. The Labute approximate surface area is 212 Å². The Hall–Kier alpha value is -3.63. The zero-order valence-electron chi connectivity index (χ0n) is 20.7. The topological polar surface area (TPSA) is 89.6 Å². The number of hydrogen-bond donors (Lipinski definition) is 2. The molecule has 0 spiro atoms. The molecule has 0 saturated carbocycles. The van der Waals surface area contributed by atoms with Gasteiger partial charge in [0.1, 0.15) is 5.69 Å². The van der Waals surface area contributed by atoms with Crippen LogP contribution in [0.15, 0.2) is 53.5 Å². The van der Waals surface area contributed by atoms with Crippen LogP contribution in [0.5, 0.6) is 0 Å². The molecule has 0 bridgehead atoms. The van der Waals surface area contributed by atoms with Crippen LogP contribution >= 0.6 is 0 Å². The van der Waals surface area contributed by atoms with Gasteiger partial charge in [0.05, 0.1) is 18.8 Å². The van der Waals surface area contributed by atoms with Crippen LogP contribution < -0.4 is 21.5 Å². The standard InChI is InChI=1S/C27H29F3N4O3/c1-17-3-6-21(32-25(35)19-5-4-18(7-8-31)23(13-19)27(28,29)30)15-22(17)20-14-24(26(36)33(2)16-20)34-9-11-37-12-10-34/h3-6,13-16H,7-12,31H2,1-2H3,(H,32,35). The molecule has 1 fully saturated rings. The molecule has 7 nitrogen and oxygen atoms in total.